The second-order valence-electron chi connectivity index (χ2n) is 7.41. The highest BCUT2D eigenvalue weighted by atomic mass is 32.1. The lowest BCUT2D eigenvalue weighted by atomic mass is 10.2. The molecule has 1 aliphatic heterocycles. The van der Waals surface area contributed by atoms with Crippen molar-refractivity contribution in [3.8, 4) is 11.5 Å². The Hall–Kier alpha value is -3.50. The van der Waals surface area contributed by atoms with Crippen molar-refractivity contribution in [2.24, 2.45) is 0 Å². The molecule has 0 spiro atoms. The lowest BCUT2D eigenvalue weighted by Gasteiger charge is -2.21. The van der Waals surface area contributed by atoms with Gasteiger partial charge in [0.1, 0.15) is 21.7 Å². The van der Waals surface area contributed by atoms with Gasteiger partial charge in [0.15, 0.2) is 5.13 Å². The number of nitro benzene ring substituents is 1. The molecule has 0 aliphatic carbocycles. The van der Waals surface area contributed by atoms with Crippen molar-refractivity contribution >= 4 is 44.4 Å². The highest BCUT2D eigenvalue weighted by Crippen LogP contribution is 2.40. The van der Waals surface area contributed by atoms with Gasteiger partial charge in [-0.3, -0.25) is 19.8 Å². The molecule has 0 bridgehead atoms. The largest absolute Gasteiger partial charge is 0.495 e. The third-order valence-corrected chi connectivity index (χ3v) is 6.40. The predicted molar refractivity (Wildman–Crippen MR) is 126 cm³/mol. The highest BCUT2D eigenvalue weighted by molar-refractivity contribution is 7.22. The third kappa shape index (κ3) is 4.96. The SMILES string of the molecule is COc1ccc(OC)c2sc(N(CC3CCCO3)C(=O)/C=C/c3cccc([N+](=O)[O-])c3)nc12. The molecule has 1 amide bonds. The molecule has 1 saturated heterocycles. The number of nitro groups is 1. The van der Waals surface area contributed by atoms with Crippen molar-refractivity contribution in [1.29, 1.82) is 0 Å². The zero-order valence-electron chi connectivity index (χ0n) is 18.2. The molecule has 4 rings (SSSR count). The topological polar surface area (TPSA) is 104 Å². The first-order valence-corrected chi connectivity index (χ1v) is 11.2. The first-order valence-electron chi connectivity index (χ1n) is 10.4. The number of hydrogen-bond donors (Lipinski definition) is 0. The summed E-state index contributed by atoms with van der Waals surface area (Å²) in [5.74, 6) is 0.935. The van der Waals surface area contributed by atoms with Crippen LogP contribution in [0.2, 0.25) is 0 Å². The van der Waals surface area contributed by atoms with Crippen molar-refractivity contribution in [3.05, 3.63) is 58.2 Å². The number of non-ortho nitro benzene ring substituents is 1. The van der Waals surface area contributed by atoms with Crippen LogP contribution in [0.1, 0.15) is 18.4 Å². The molecule has 1 aliphatic rings. The average molecular weight is 470 g/mol. The van der Waals surface area contributed by atoms with Crippen LogP contribution < -0.4 is 14.4 Å². The van der Waals surface area contributed by atoms with Gasteiger partial charge in [0, 0.05) is 24.8 Å². The first kappa shape index (κ1) is 22.7. The summed E-state index contributed by atoms with van der Waals surface area (Å²) in [5, 5.41) is 11.5. The Bertz CT molecular complexity index is 1160. The van der Waals surface area contributed by atoms with Crippen molar-refractivity contribution in [2.75, 3.05) is 32.3 Å². The zero-order valence-corrected chi connectivity index (χ0v) is 19.0. The molecule has 1 aromatic heterocycles. The Balaban J connectivity index is 1.68. The summed E-state index contributed by atoms with van der Waals surface area (Å²) >= 11 is 1.34. The molecule has 0 N–H and O–H groups in total. The van der Waals surface area contributed by atoms with E-state index in [1.165, 1.54) is 29.5 Å². The van der Waals surface area contributed by atoms with Gasteiger partial charge in [-0.05, 0) is 36.6 Å². The number of carbonyl (C=O) groups excluding carboxylic acids is 1. The fourth-order valence-electron chi connectivity index (χ4n) is 3.64. The van der Waals surface area contributed by atoms with Gasteiger partial charge in [0.05, 0.1) is 31.8 Å². The molecular weight excluding hydrogens is 446 g/mol. The number of ether oxygens (including phenoxy) is 3. The fraction of sp³-hybridized carbons (Fsp3) is 0.304. The van der Waals surface area contributed by atoms with E-state index >= 15 is 0 Å². The first-order chi connectivity index (χ1) is 16.0. The predicted octanol–water partition coefficient (Wildman–Crippen LogP) is 4.45. The molecule has 1 fully saturated rings. The maximum Gasteiger partial charge on any atom is 0.270 e. The lowest BCUT2D eigenvalue weighted by molar-refractivity contribution is -0.384. The van der Waals surface area contributed by atoms with Crippen molar-refractivity contribution < 1.29 is 23.9 Å². The molecule has 2 aromatic carbocycles. The molecule has 10 heteroatoms. The summed E-state index contributed by atoms with van der Waals surface area (Å²) in [6.07, 6.45) is 4.67. The maximum absolute atomic E-state index is 13.3. The molecule has 2 heterocycles. The molecule has 1 unspecified atom stereocenters. The minimum Gasteiger partial charge on any atom is -0.495 e. The number of benzene rings is 2. The van der Waals surface area contributed by atoms with Gasteiger partial charge in [0.2, 0.25) is 0 Å². The van der Waals surface area contributed by atoms with Crippen LogP contribution >= 0.6 is 11.3 Å². The van der Waals surface area contributed by atoms with E-state index < -0.39 is 4.92 Å². The van der Waals surface area contributed by atoms with E-state index in [0.29, 0.717) is 40.9 Å². The zero-order chi connectivity index (χ0) is 23.4. The minimum absolute atomic E-state index is 0.0360. The number of carbonyl (C=O) groups is 1. The highest BCUT2D eigenvalue weighted by Gasteiger charge is 2.26. The summed E-state index contributed by atoms with van der Waals surface area (Å²) in [5.41, 5.74) is 1.14. The number of hydrogen-bond acceptors (Lipinski definition) is 8. The van der Waals surface area contributed by atoms with E-state index in [4.69, 9.17) is 14.2 Å². The molecule has 3 aromatic rings. The van der Waals surface area contributed by atoms with Gasteiger partial charge >= 0.3 is 0 Å². The third-order valence-electron chi connectivity index (χ3n) is 5.31. The monoisotopic (exact) mass is 469 g/mol. The van der Waals surface area contributed by atoms with Crippen LogP contribution in [0, 0.1) is 10.1 Å². The number of anilines is 1. The standard InChI is InChI=1S/C23H23N3O6S/c1-30-18-9-10-19(31-2)22-21(18)24-23(33-22)25(14-17-7-4-12-32-17)20(27)11-8-15-5-3-6-16(13-15)26(28)29/h3,5-6,8-11,13,17H,4,7,12,14H2,1-2H3/b11-8+. The van der Waals surface area contributed by atoms with E-state index in [2.05, 4.69) is 4.98 Å². The second-order valence-corrected chi connectivity index (χ2v) is 8.39. The van der Waals surface area contributed by atoms with Crippen LogP contribution in [0.15, 0.2) is 42.5 Å². The normalized spacial score (nSPS) is 15.8. The van der Waals surface area contributed by atoms with Crippen molar-refractivity contribution in [3.63, 3.8) is 0 Å². The van der Waals surface area contributed by atoms with E-state index in [0.717, 1.165) is 17.5 Å². The number of methoxy groups -OCH3 is 2. The number of aromatic nitrogens is 1. The lowest BCUT2D eigenvalue weighted by Crippen LogP contribution is -2.36. The Kier molecular flexibility index (Phi) is 6.85. The average Bonchev–Trinajstić information content (AvgIpc) is 3.50. The maximum atomic E-state index is 13.3. The van der Waals surface area contributed by atoms with Crippen LogP contribution in [0.4, 0.5) is 10.8 Å². The van der Waals surface area contributed by atoms with Gasteiger partial charge in [-0.2, -0.15) is 0 Å². The van der Waals surface area contributed by atoms with Crippen molar-refractivity contribution in [2.45, 2.75) is 18.9 Å². The molecule has 172 valence electrons. The van der Waals surface area contributed by atoms with Gasteiger partial charge in [-0.15, -0.1) is 0 Å². The Morgan fingerprint density at radius 2 is 2.09 bits per heavy atom. The van der Waals surface area contributed by atoms with Gasteiger partial charge in [-0.25, -0.2) is 4.98 Å². The quantitative estimate of drug-likeness (QED) is 0.273. The smallest absolute Gasteiger partial charge is 0.270 e. The van der Waals surface area contributed by atoms with Gasteiger partial charge < -0.3 is 14.2 Å². The molecule has 1 atom stereocenters. The summed E-state index contributed by atoms with van der Waals surface area (Å²) in [6, 6.07) is 9.69. The van der Waals surface area contributed by atoms with Crippen LogP contribution in [0.3, 0.4) is 0 Å². The molecular formula is C23H23N3O6S. The van der Waals surface area contributed by atoms with Crippen LogP contribution in [-0.4, -0.2) is 49.3 Å². The second kappa shape index (κ2) is 9.97. The molecule has 0 saturated carbocycles. The minimum atomic E-state index is -0.467. The summed E-state index contributed by atoms with van der Waals surface area (Å²) in [4.78, 5) is 30.1. The Morgan fingerprint density at radius 1 is 1.30 bits per heavy atom. The van der Waals surface area contributed by atoms with E-state index in [-0.39, 0.29) is 17.7 Å². The number of nitrogens with zero attached hydrogens (tertiary/aromatic N) is 3. The van der Waals surface area contributed by atoms with Crippen LogP contribution in [0.25, 0.3) is 16.3 Å². The molecule has 0 radical (unpaired) electrons. The van der Waals surface area contributed by atoms with E-state index in [9.17, 15) is 14.9 Å². The van der Waals surface area contributed by atoms with Crippen molar-refractivity contribution in [1.82, 2.24) is 4.98 Å². The Morgan fingerprint density at radius 3 is 2.79 bits per heavy atom. The van der Waals surface area contributed by atoms with E-state index in [1.54, 1.807) is 49.5 Å². The Labute approximate surface area is 194 Å². The van der Waals surface area contributed by atoms with Crippen LogP contribution in [0.5, 0.6) is 11.5 Å². The van der Waals surface area contributed by atoms with Crippen LogP contribution in [-0.2, 0) is 9.53 Å². The number of amides is 1. The number of rotatable bonds is 8. The van der Waals surface area contributed by atoms with Gasteiger partial charge in [-0.1, -0.05) is 23.5 Å². The molecule has 9 nitrogen and oxygen atoms in total. The number of thiazole rings is 1. The summed E-state index contributed by atoms with van der Waals surface area (Å²) < 4.78 is 17.4. The molecule has 33 heavy (non-hydrogen) atoms. The number of fused-ring (bicyclic) bond motifs is 1. The summed E-state index contributed by atoms with van der Waals surface area (Å²) in [6.45, 7) is 1.01. The van der Waals surface area contributed by atoms with E-state index in [1.807, 2.05) is 0 Å². The van der Waals surface area contributed by atoms with Gasteiger partial charge in [0.25, 0.3) is 11.6 Å². The summed E-state index contributed by atoms with van der Waals surface area (Å²) in [7, 11) is 3.15. The fourth-order valence-corrected chi connectivity index (χ4v) is 4.73.